The summed E-state index contributed by atoms with van der Waals surface area (Å²) < 4.78 is 0. The molecule has 1 aromatic rings. The van der Waals surface area contributed by atoms with Crippen LogP contribution in [0.4, 0.5) is 5.69 Å². The Kier molecular flexibility index (Phi) is 3.52. The molecule has 1 aromatic heterocycles. The van der Waals surface area contributed by atoms with Gasteiger partial charge in [0.2, 0.25) is 5.91 Å². The molecule has 4 N–H and O–H groups in total. The second-order valence-corrected chi connectivity index (χ2v) is 4.80. The first-order chi connectivity index (χ1) is 8.54. The van der Waals surface area contributed by atoms with Crippen molar-refractivity contribution >= 4 is 11.6 Å². The van der Waals surface area contributed by atoms with Crippen molar-refractivity contribution in [3.05, 3.63) is 23.0 Å². The molecule has 0 bridgehead atoms. The van der Waals surface area contributed by atoms with Crippen LogP contribution in [0.2, 0.25) is 0 Å². The van der Waals surface area contributed by atoms with Gasteiger partial charge in [0.25, 0.3) is 0 Å². The van der Waals surface area contributed by atoms with Crippen LogP contribution in [0, 0.1) is 13.8 Å². The number of primary amides is 1. The highest BCUT2D eigenvalue weighted by molar-refractivity contribution is 5.84. The van der Waals surface area contributed by atoms with Crippen molar-refractivity contribution in [3.63, 3.8) is 0 Å². The number of pyridine rings is 1. The lowest BCUT2D eigenvalue weighted by molar-refractivity contribution is -0.119. The van der Waals surface area contributed by atoms with Crippen LogP contribution >= 0.6 is 0 Å². The first-order valence-electron chi connectivity index (χ1n) is 6.27. The summed E-state index contributed by atoms with van der Waals surface area (Å²) in [4.78, 5) is 18.0. The Morgan fingerprint density at radius 2 is 2.28 bits per heavy atom. The van der Waals surface area contributed by atoms with Crippen LogP contribution in [0.15, 0.2) is 6.07 Å². The van der Waals surface area contributed by atoms with Crippen LogP contribution in [0.25, 0.3) is 0 Å². The molecule has 0 spiro atoms. The van der Waals surface area contributed by atoms with Crippen molar-refractivity contribution in [3.8, 4) is 0 Å². The van der Waals surface area contributed by atoms with Crippen molar-refractivity contribution in [1.82, 2.24) is 4.98 Å². The van der Waals surface area contributed by atoms with Gasteiger partial charge in [0.1, 0.15) is 6.04 Å². The third kappa shape index (κ3) is 2.18. The van der Waals surface area contributed by atoms with Crippen molar-refractivity contribution in [1.29, 1.82) is 0 Å². The van der Waals surface area contributed by atoms with Gasteiger partial charge in [-0.1, -0.05) is 0 Å². The highest BCUT2D eigenvalue weighted by atomic mass is 16.1. The molecule has 5 heteroatoms. The molecule has 1 saturated heterocycles. The van der Waals surface area contributed by atoms with E-state index in [1.807, 2.05) is 19.9 Å². The molecule has 2 heterocycles. The fraction of sp³-hybridized carbons (Fsp3) is 0.538. The summed E-state index contributed by atoms with van der Waals surface area (Å²) >= 11 is 0. The molecule has 1 unspecified atom stereocenters. The number of nitrogens with zero attached hydrogens (tertiary/aromatic N) is 2. The Bertz CT molecular complexity index is 472. The molecule has 0 aliphatic carbocycles. The van der Waals surface area contributed by atoms with Crippen molar-refractivity contribution in [2.75, 3.05) is 11.4 Å². The Morgan fingerprint density at radius 1 is 1.56 bits per heavy atom. The third-order valence-electron chi connectivity index (χ3n) is 3.53. The molecular weight excluding hydrogens is 228 g/mol. The lowest BCUT2D eigenvalue weighted by Crippen LogP contribution is -2.41. The summed E-state index contributed by atoms with van der Waals surface area (Å²) in [6.45, 7) is 5.18. The van der Waals surface area contributed by atoms with E-state index in [1.165, 1.54) is 0 Å². The van der Waals surface area contributed by atoms with E-state index in [1.54, 1.807) is 0 Å². The maximum Gasteiger partial charge on any atom is 0.240 e. The summed E-state index contributed by atoms with van der Waals surface area (Å²) in [5.41, 5.74) is 15.2. The second kappa shape index (κ2) is 4.94. The smallest absolute Gasteiger partial charge is 0.240 e. The first kappa shape index (κ1) is 12.8. The number of hydrogen-bond donors (Lipinski definition) is 2. The van der Waals surface area contributed by atoms with E-state index in [2.05, 4.69) is 9.88 Å². The van der Waals surface area contributed by atoms with Gasteiger partial charge in [0.05, 0.1) is 0 Å². The van der Waals surface area contributed by atoms with Crippen LogP contribution in [-0.4, -0.2) is 23.5 Å². The predicted molar refractivity (Wildman–Crippen MR) is 71.2 cm³/mol. The van der Waals surface area contributed by atoms with Gasteiger partial charge in [-0.3, -0.25) is 9.78 Å². The molecule has 98 valence electrons. The topological polar surface area (TPSA) is 85.2 Å². The number of amides is 1. The molecule has 1 amide bonds. The monoisotopic (exact) mass is 248 g/mol. The molecule has 1 aliphatic heterocycles. The van der Waals surface area contributed by atoms with E-state index in [0.717, 1.165) is 42.0 Å². The molecule has 18 heavy (non-hydrogen) atoms. The number of aromatic nitrogens is 1. The number of carbonyl (C=O) groups is 1. The Morgan fingerprint density at radius 3 is 2.89 bits per heavy atom. The summed E-state index contributed by atoms with van der Waals surface area (Å²) in [5.74, 6) is -0.261. The van der Waals surface area contributed by atoms with Gasteiger partial charge in [-0.05, 0) is 32.8 Å². The van der Waals surface area contributed by atoms with Crippen molar-refractivity contribution in [2.45, 2.75) is 39.3 Å². The minimum atomic E-state index is -0.261. The Labute approximate surface area is 107 Å². The normalized spacial score (nSPS) is 19.3. The van der Waals surface area contributed by atoms with E-state index in [-0.39, 0.29) is 11.9 Å². The summed E-state index contributed by atoms with van der Waals surface area (Å²) in [5, 5.41) is 0. The predicted octanol–water partition coefficient (Wildman–Crippen LogP) is 0.611. The van der Waals surface area contributed by atoms with Crippen LogP contribution < -0.4 is 16.4 Å². The highest BCUT2D eigenvalue weighted by Gasteiger charge is 2.30. The fourth-order valence-corrected chi connectivity index (χ4v) is 2.69. The fourth-order valence-electron chi connectivity index (χ4n) is 2.69. The Balaban J connectivity index is 2.46. The minimum absolute atomic E-state index is 0.212. The molecule has 0 radical (unpaired) electrons. The molecule has 5 nitrogen and oxygen atoms in total. The van der Waals surface area contributed by atoms with Gasteiger partial charge >= 0.3 is 0 Å². The maximum absolute atomic E-state index is 11.5. The van der Waals surface area contributed by atoms with Gasteiger partial charge < -0.3 is 16.4 Å². The van der Waals surface area contributed by atoms with E-state index in [9.17, 15) is 4.79 Å². The standard InChI is InChI=1S/C13H20N4O/c1-8-6-12(10(7-14)9(2)16-8)17-5-3-4-11(17)13(15)18/h6,11H,3-5,7,14H2,1-2H3,(H2,15,18). The lowest BCUT2D eigenvalue weighted by Gasteiger charge is -2.27. The molecule has 0 aromatic carbocycles. The summed E-state index contributed by atoms with van der Waals surface area (Å²) in [6.07, 6.45) is 1.80. The zero-order valence-corrected chi connectivity index (χ0v) is 10.9. The SMILES string of the molecule is Cc1cc(N2CCCC2C(N)=O)c(CN)c(C)n1. The van der Waals surface area contributed by atoms with Gasteiger partial charge in [-0.15, -0.1) is 0 Å². The second-order valence-electron chi connectivity index (χ2n) is 4.80. The molecule has 2 rings (SSSR count). The van der Waals surface area contributed by atoms with E-state index in [4.69, 9.17) is 11.5 Å². The number of hydrogen-bond acceptors (Lipinski definition) is 4. The van der Waals surface area contributed by atoms with Crippen LogP contribution in [0.5, 0.6) is 0 Å². The van der Waals surface area contributed by atoms with Crippen molar-refractivity contribution < 1.29 is 4.79 Å². The average Bonchev–Trinajstić information content (AvgIpc) is 2.76. The van der Waals surface area contributed by atoms with Gasteiger partial charge in [-0.25, -0.2) is 0 Å². The van der Waals surface area contributed by atoms with Gasteiger partial charge in [0.15, 0.2) is 0 Å². The summed E-state index contributed by atoms with van der Waals surface area (Å²) in [7, 11) is 0. The molecule has 1 fully saturated rings. The van der Waals surface area contributed by atoms with Crippen LogP contribution in [0.3, 0.4) is 0 Å². The third-order valence-corrected chi connectivity index (χ3v) is 3.53. The maximum atomic E-state index is 11.5. The molecular formula is C13H20N4O. The lowest BCUT2D eigenvalue weighted by atomic mass is 10.1. The van der Waals surface area contributed by atoms with Gasteiger partial charge in [-0.2, -0.15) is 0 Å². The van der Waals surface area contributed by atoms with Crippen LogP contribution in [-0.2, 0) is 11.3 Å². The number of rotatable bonds is 3. The molecule has 0 saturated carbocycles. The molecule has 1 aliphatic rings. The number of carbonyl (C=O) groups excluding carboxylic acids is 1. The van der Waals surface area contributed by atoms with Gasteiger partial charge in [0, 0.05) is 35.7 Å². The van der Waals surface area contributed by atoms with Crippen LogP contribution in [0.1, 0.15) is 29.8 Å². The average molecular weight is 248 g/mol. The number of aryl methyl sites for hydroxylation is 2. The number of anilines is 1. The number of nitrogens with two attached hydrogens (primary N) is 2. The van der Waals surface area contributed by atoms with E-state index < -0.39 is 0 Å². The minimum Gasteiger partial charge on any atom is -0.368 e. The quantitative estimate of drug-likeness (QED) is 0.820. The Hall–Kier alpha value is -1.62. The highest BCUT2D eigenvalue weighted by Crippen LogP contribution is 2.30. The zero-order valence-electron chi connectivity index (χ0n) is 10.9. The first-order valence-corrected chi connectivity index (χ1v) is 6.27. The van der Waals surface area contributed by atoms with E-state index in [0.29, 0.717) is 6.54 Å². The van der Waals surface area contributed by atoms with E-state index >= 15 is 0 Å². The van der Waals surface area contributed by atoms with Crippen molar-refractivity contribution in [2.24, 2.45) is 11.5 Å². The molecule has 1 atom stereocenters. The largest absolute Gasteiger partial charge is 0.368 e. The zero-order chi connectivity index (χ0) is 13.3. The summed E-state index contributed by atoms with van der Waals surface area (Å²) in [6, 6.07) is 1.78.